The van der Waals surface area contributed by atoms with Gasteiger partial charge in [-0.25, -0.2) is 4.79 Å². The van der Waals surface area contributed by atoms with Crippen LogP contribution in [0.4, 0.5) is 28.1 Å². The Morgan fingerprint density at radius 3 is 2.00 bits per heavy atom. The summed E-state index contributed by atoms with van der Waals surface area (Å²) in [7, 11) is 0. The number of morpholine rings is 2. The first-order chi connectivity index (χ1) is 18.6. The summed E-state index contributed by atoms with van der Waals surface area (Å²) < 4.78 is 11.0. The zero-order valence-corrected chi connectivity index (χ0v) is 20.8. The number of amides is 3. The number of carbonyl (C=O) groups excluding carboxylic acids is 2. The lowest BCUT2D eigenvalue weighted by Crippen LogP contribution is -2.40. The highest BCUT2D eigenvalue weighted by molar-refractivity contribution is 6.02. The highest BCUT2D eigenvalue weighted by Crippen LogP contribution is 2.25. The van der Waals surface area contributed by atoms with E-state index < -0.39 is 0 Å². The van der Waals surface area contributed by atoms with Gasteiger partial charge in [-0.1, -0.05) is 0 Å². The normalized spacial score (nSPS) is 17.1. The number of anilines is 4. The van der Waals surface area contributed by atoms with Crippen LogP contribution < -0.4 is 25.8 Å². The molecular weight excluding hydrogens is 488 g/mol. The molecule has 3 aliphatic rings. The van der Waals surface area contributed by atoms with Crippen molar-refractivity contribution >= 4 is 35.2 Å². The number of carbonyl (C=O) groups is 2. The predicted molar refractivity (Wildman–Crippen MR) is 142 cm³/mol. The smallest absolute Gasteiger partial charge is 0.323 e. The minimum atomic E-state index is -0.376. The van der Waals surface area contributed by atoms with Crippen molar-refractivity contribution in [2.24, 2.45) is 0 Å². The standard InChI is InChI=1S/C26H28N8O4/c35-23-21-6-5-20(15-18(21)16-27-23)29-26(36)28-19-3-1-17(2-4-19)22-30-24(33-7-11-37-12-8-33)32-25(31-22)34-9-13-38-14-10-34/h1-6,15H,7-14,16H2,(H,27,35)(H2,28,29,36). The molecule has 1 aromatic heterocycles. The van der Waals surface area contributed by atoms with Crippen molar-refractivity contribution in [1.82, 2.24) is 20.3 Å². The van der Waals surface area contributed by atoms with E-state index in [1.807, 2.05) is 24.3 Å². The Kier molecular flexibility index (Phi) is 6.71. The number of aromatic nitrogens is 3. The first-order valence-electron chi connectivity index (χ1n) is 12.6. The van der Waals surface area contributed by atoms with Gasteiger partial charge in [0.2, 0.25) is 11.9 Å². The maximum Gasteiger partial charge on any atom is 0.323 e. The fourth-order valence-corrected chi connectivity index (χ4v) is 4.60. The van der Waals surface area contributed by atoms with Gasteiger partial charge in [-0.15, -0.1) is 0 Å². The van der Waals surface area contributed by atoms with E-state index in [0.29, 0.717) is 67.6 Å². The molecule has 0 aliphatic carbocycles. The molecule has 2 fully saturated rings. The summed E-state index contributed by atoms with van der Waals surface area (Å²) in [6, 6.07) is 12.2. The number of nitrogens with one attached hydrogen (secondary N) is 3. The fourth-order valence-electron chi connectivity index (χ4n) is 4.60. The molecule has 3 aromatic rings. The molecule has 3 amide bonds. The van der Waals surface area contributed by atoms with E-state index in [2.05, 4.69) is 25.8 Å². The Bertz CT molecular complexity index is 1300. The third kappa shape index (κ3) is 5.22. The second-order valence-corrected chi connectivity index (χ2v) is 9.17. The molecule has 3 aliphatic heterocycles. The number of benzene rings is 2. The lowest BCUT2D eigenvalue weighted by molar-refractivity contribution is 0.0965. The van der Waals surface area contributed by atoms with E-state index in [0.717, 1.165) is 37.3 Å². The van der Waals surface area contributed by atoms with E-state index in [1.165, 1.54) is 0 Å². The number of urea groups is 1. The molecule has 38 heavy (non-hydrogen) atoms. The zero-order valence-electron chi connectivity index (χ0n) is 20.8. The van der Waals surface area contributed by atoms with Gasteiger partial charge in [-0.05, 0) is 48.0 Å². The Labute approximate surface area is 219 Å². The van der Waals surface area contributed by atoms with Gasteiger partial charge in [0.15, 0.2) is 5.82 Å². The minimum absolute atomic E-state index is 0.0941. The number of ether oxygens (including phenoxy) is 2. The van der Waals surface area contributed by atoms with Crippen LogP contribution in [0, 0.1) is 0 Å². The lowest BCUT2D eigenvalue weighted by atomic mass is 10.1. The molecule has 0 unspecified atom stereocenters. The van der Waals surface area contributed by atoms with Gasteiger partial charge in [0.05, 0.1) is 26.4 Å². The summed E-state index contributed by atoms with van der Waals surface area (Å²) in [5.74, 6) is 1.74. The molecular formula is C26H28N8O4. The summed E-state index contributed by atoms with van der Waals surface area (Å²) in [4.78, 5) is 42.8. The largest absolute Gasteiger partial charge is 0.378 e. The molecule has 0 spiro atoms. The summed E-state index contributed by atoms with van der Waals surface area (Å²) >= 11 is 0. The monoisotopic (exact) mass is 516 g/mol. The molecule has 0 bridgehead atoms. The van der Waals surface area contributed by atoms with Gasteiger partial charge in [-0.2, -0.15) is 15.0 Å². The molecule has 196 valence electrons. The van der Waals surface area contributed by atoms with Crippen LogP contribution >= 0.6 is 0 Å². The number of hydrogen-bond donors (Lipinski definition) is 3. The van der Waals surface area contributed by atoms with Crippen molar-refractivity contribution in [1.29, 1.82) is 0 Å². The molecule has 12 heteroatoms. The average Bonchev–Trinajstić information content (AvgIpc) is 3.33. The average molecular weight is 517 g/mol. The molecule has 4 heterocycles. The van der Waals surface area contributed by atoms with Crippen molar-refractivity contribution in [3.8, 4) is 11.4 Å². The highest BCUT2D eigenvalue weighted by Gasteiger charge is 2.22. The molecule has 0 saturated carbocycles. The summed E-state index contributed by atoms with van der Waals surface area (Å²) in [5, 5.41) is 8.43. The van der Waals surface area contributed by atoms with Crippen LogP contribution in [0.2, 0.25) is 0 Å². The molecule has 0 radical (unpaired) electrons. The van der Waals surface area contributed by atoms with Gasteiger partial charge in [0.1, 0.15) is 0 Å². The topological polar surface area (TPSA) is 134 Å². The molecule has 12 nitrogen and oxygen atoms in total. The van der Waals surface area contributed by atoms with Gasteiger partial charge in [-0.3, -0.25) is 4.79 Å². The van der Waals surface area contributed by atoms with E-state index in [-0.39, 0.29) is 11.9 Å². The number of fused-ring (bicyclic) bond motifs is 1. The first-order valence-corrected chi connectivity index (χ1v) is 12.6. The Hall–Kier alpha value is -4.29. The molecule has 3 N–H and O–H groups in total. The molecule has 0 atom stereocenters. The van der Waals surface area contributed by atoms with Crippen molar-refractivity contribution in [2.75, 3.05) is 73.0 Å². The zero-order chi connectivity index (χ0) is 25.9. The van der Waals surface area contributed by atoms with Gasteiger partial charge < -0.3 is 35.2 Å². The van der Waals surface area contributed by atoms with Crippen molar-refractivity contribution in [3.05, 3.63) is 53.6 Å². The quantitative estimate of drug-likeness (QED) is 0.466. The Morgan fingerprint density at radius 1 is 0.789 bits per heavy atom. The van der Waals surface area contributed by atoms with Crippen molar-refractivity contribution in [3.63, 3.8) is 0 Å². The number of hydrogen-bond acceptors (Lipinski definition) is 9. The Balaban J connectivity index is 1.18. The minimum Gasteiger partial charge on any atom is -0.378 e. The van der Waals surface area contributed by atoms with Gasteiger partial charge in [0.25, 0.3) is 5.91 Å². The molecule has 2 saturated heterocycles. The van der Waals surface area contributed by atoms with Crippen LogP contribution in [-0.4, -0.2) is 79.5 Å². The second-order valence-electron chi connectivity index (χ2n) is 9.17. The lowest BCUT2D eigenvalue weighted by Gasteiger charge is -2.30. The fraction of sp³-hybridized carbons (Fsp3) is 0.346. The van der Waals surface area contributed by atoms with Crippen LogP contribution in [-0.2, 0) is 16.0 Å². The maximum atomic E-state index is 12.6. The van der Waals surface area contributed by atoms with E-state index in [9.17, 15) is 9.59 Å². The van der Waals surface area contributed by atoms with E-state index in [1.54, 1.807) is 18.2 Å². The first kappa shape index (κ1) is 24.1. The molecule has 2 aromatic carbocycles. The van der Waals surface area contributed by atoms with Crippen LogP contribution in [0.25, 0.3) is 11.4 Å². The van der Waals surface area contributed by atoms with Crippen molar-refractivity contribution in [2.45, 2.75) is 6.54 Å². The third-order valence-corrected chi connectivity index (χ3v) is 6.65. The molecule has 6 rings (SSSR count). The van der Waals surface area contributed by atoms with Crippen LogP contribution in [0.1, 0.15) is 15.9 Å². The number of nitrogens with zero attached hydrogens (tertiary/aromatic N) is 5. The SMILES string of the molecule is O=C(Nc1ccc(-c2nc(N3CCOCC3)nc(N3CCOCC3)n2)cc1)Nc1ccc2c(c1)CNC2=O. The summed E-state index contributed by atoms with van der Waals surface area (Å²) in [6.45, 7) is 5.90. The van der Waals surface area contributed by atoms with Crippen molar-refractivity contribution < 1.29 is 19.1 Å². The van der Waals surface area contributed by atoms with Gasteiger partial charge >= 0.3 is 6.03 Å². The van der Waals surface area contributed by atoms with E-state index >= 15 is 0 Å². The van der Waals surface area contributed by atoms with Gasteiger partial charge in [0, 0.05) is 55.2 Å². The number of rotatable bonds is 5. The van der Waals surface area contributed by atoms with Crippen LogP contribution in [0.5, 0.6) is 0 Å². The second kappa shape index (κ2) is 10.6. The van der Waals surface area contributed by atoms with Crippen LogP contribution in [0.3, 0.4) is 0 Å². The predicted octanol–water partition coefficient (Wildman–Crippen LogP) is 2.10. The van der Waals surface area contributed by atoms with Crippen LogP contribution in [0.15, 0.2) is 42.5 Å². The van der Waals surface area contributed by atoms with E-state index in [4.69, 9.17) is 24.4 Å². The highest BCUT2D eigenvalue weighted by atomic mass is 16.5. The summed E-state index contributed by atoms with van der Waals surface area (Å²) in [5.41, 5.74) is 3.56. The Morgan fingerprint density at radius 2 is 1.37 bits per heavy atom. The summed E-state index contributed by atoms with van der Waals surface area (Å²) in [6.07, 6.45) is 0. The third-order valence-electron chi connectivity index (χ3n) is 6.65. The maximum absolute atomic E-state index is 12.6.